The Labute approximate surface area is 92.2 Å². The molecule has 4 heteroatoms. The first-order valence-electron chi connectivity index (χ1n) is 5.64. The van der Waals surface area contributed by atoms with Crippen molar-refractivity contribution < 1.29 is 14.6 Å². The molecule has 0 radical (unpaired) electrons. The zero-order chi connectivity index (χ0) is 11.7. The van der Waals surface area contributed by atoms with Crippen molar-refractivity contribution in [1.82, 2.24) is 4.90 Å². The third-order valence-corrected chi connectivity index (χ3v) is 2.30. The van der Waals surface area contributed by atoms with Crippen LogP contribution < -0.4 is 0 Å². The molecule has 15 heavy (non-hydrogen) atoms. The van der Waals surface area contributed by atoms with Gasteiger partial charge in [0.05, 0.1) is 12.5 Å². The normalized spacial score (nSPS) is 13.1. The Morgan fingerprint density at radius 3 is 2.53 bits per heavy atom. The van der Waals surface area contributed by atoms with E-state index in [1.54, 1.807) is 6.92 Å². The molecule has 1 atom stereocenters. The number of carbonyl (C=O) groups is 1. The molecule has 0 saturated heterocycles. The van der Waals surface area contributed by atoms with Crippen molar-refractivity contribution in [3.63, 3.8) is 0 Å². The van der Waals surface area contributed by atoms with Gasteiger partial charge in [0.15, 0.2) is 0 Å². The fourth-order valence-corrected chi connectivity index (χ4v) is 1.28. The van der Waals surface area contributed by atoms with E-state index in [0.29, 0.717) is 13.2 Å². The van der Waals surface area contributed by atoms with E-state index in [9.17, 15) is 4.79 Å². The molecule has 0 saturated carbocycles. The topological polar surface area (TPSA) is 49.8 Å². The number of ether oxygens (including phenoxy) is 1. The molecule has 0 aromatic rings. The molecular formula is C11H23NO3. The fraction of sp³-hybridized carbons (Fsp3) is 0.909. The number of carboxylic acid groups (broad SMARTS) is 1. The third-order valence-electron chi connectivity index (χ3n) is 2.30. The Morgan fingerprint density at radius 1 is 1.40 bits per heavy atom. The zero-order valence-electron chi connectivity index (χ0n) is 10.0. The summed E-state index contributed by atoms with van der Waals surface area (Å²) in [5.41, 5.74) is 0. The van der Waals surface area contributed by atoms with Crippen molar-refractivity contribution in [1.29, 1.82) is 0 Å². The molecule has 0 heterocycles. The summed E-state index contributed by atoms with van der Waals surface area (Å²) >= 11 is 0. The molecule has 0 aromatic heterocycles. The molecule has 0 bridgehead atoms. The second-order valence-electron chi connectivity index (χ2n) is 3.74. The minimum absolute atomic E-state index is 0.309. The van der Waals surface area contributed by atoms with Gasteiger partial charge in [0.25, 0.3) is 0 Å². The molecule has 0 aliphatic heterocycles. The first-order valence-corrected chi connectivity index (χ1v) is 5.64. The summed E-state index contributed by atoms with van der Waals surface area (Å²) in [7, 11) is 0. The highest BCUT2D eigenvalue weighted by atomic mass is 16.5. The first kappa shape index (κ1) is 14.4. The van der Waals surface area contributed by atoms with Crippen LogP contribution in [0.5, 0.6) is 0 Å². The molecular weight excluding hydrogens is 194 g/mol. The maximum absolute atomic E-state index is 10.7. The summed E-state index contributed by atoms with van der Waals surface area (Å²) in [6, 6.07) is 0. The summed E-state index contributed by atoms with van der Waals surface area (Å²) in [6.07, 6.45) is 1.03. The van der Waals surface area contributed by atoms with Gasteiger partial charge in [-0.05, 0) is 13.0 Å². The van der Waals surface area contributed by atoms with Crippen LogP contribution in [-0.2, 0) is 9.53 Å². The van der Waals surface area contributed by atoms with Crippen molar-refractivity contribution >= 4 is 5.97 Å². The van der Waals surface area contributed by atoms with Crippen LogP contribution in [0.3, 0.4) is 0 Å². The molecule has 0 rings (SSSR count). The number of aliphatic carboxylic acids is 1. The smallest absolute Gasteiger partial charge is 0.307 e. The monoisotopic (exact) mass is 217 g/mol. The molecule has 0 aliphatic rings. The van der Waals surface area contributed by atoms with Crippen LogP contribution in [0.1, 0.15) is 27.2 Å². The number of nitrogens with zero attached hydrogens (tertiary/aromatic N) is 1. The van der Waals surface area contributed by atoms with Crippen molar-refractivity contribution in [3.8, 4) is 0 Å². The lowest BCUT2D eigenvalue weighted by molar-refractivity contribution is -0.141. The van der Waals surface area contributed by atoms with Gasteiger partial charge in [-0.2, -0.15) is 0 Å². The van der Waals surface area contributed by atoms with Gasteiger partial charge < -0.3 is 14.7 Å². The molecule has 0 aromatic carbocycles. The van der Waals surface area contributed by atoms with Gasteiger partial charge in [-0.15, -0.1) is 0 Å². The van der Waals surface area contributed by atoms with Gasteiger partial charge >= 0.3 is 5.97 Å². The Kier molecular flexibility index (Phi) is 8.33. The molecule has 0 spiro atoms. The predicted molar refractivity (Wildman–Crippen MR) is 60.0 cm³/mol. The number of rotatable bonds is 9. The van der Waals surface area contributed by atoms with E-state index < -0.39 is 5.97 Å². The summed E-state index contributed by atoms with van der Waals surface area (Å²) in [5, 5.41) is 8.78. The Bertz CT molecular complexity index is 173. The Morgan fingerprint density at radius 2 is 2.07 bits per heavy atom. The van der Waals surface area contributed by atoms with Gasteiger partial charge in [0, 0.05) is 19.7 Å². The molecule has 4 nitrogen and oxygen atoms in total. The molecule has 0 amide bonds. The minimum Gasteiger partial charge on any atom is -0.481 e. The minimum atomic E-state index is -0.733. The van der Waals surface area contributed by atoms with Crippen molar-refractivity contribution in [2.75, 3.05) is 32.8 Å². The highest BCUT2D eigenvalue weighted by Crippen LogP contribution is 2.00. The lowest BCUT2D eigenvalue weighted by Gasteiger charge is -2.22. The second-order valence-corrected chi connectivity index (χ2v) is 3.74. The van der Waals surface area contributed by atoms with Gasteiger partial charge in [-0.3, -0.25) is 4.79 Å². The standard InChI is InChI=1S/C11H23NO3/c1-4-7-15-8-6-12(5-2)9-10(3)11(13)14/h10H,4-9H2,1-3H3,(H,13,14). The SMILES string of the molecule is CCCOCCN(CC)CC(C)C(=O)O. The lowest BCUT2D eigenvalue weighted by Crippen LogP contribution is -2.34. The predicted octanol–water partition coefficient (Wildman–Crippen LogP) is 1.46. The molecule has 90 valence electrons. The van der Waals surface area contributed by atoms with Crippen molar-refractivity contribution in [2.24, 2.45) is 5.92 Å². The van der Waals surface area contributed by atoms with Crippen LogP contribution in [-0.4, -0.2) is 48.8 Å². The lowest BCUT2D eigenvalue weighted by atomic mass is 10.2. The quantitative estimate of drug-likeness (QED) is 0.594. The average Bonchev–Trinajstić information content (AvgIpc) is 2.22. The second kappa shape index (κ2) is 8.68. The Balaban J connectivity index is 3.67. The van der Waals surface area contributed by atoms with Crippen LogP contribution in [0.15, 0.2) is 0 Å². The van der Waals surface area contributed by atoms with E-state index in [4.69, 9.17) is 9.84 Å². The molecule has 1 unspecified atom stereocenters. The molecule has 0 aliphatic carbocycles. The average molecular weight is 217 g/mol. The third kappa shape index (κ3) is 7.33. The highest BCUT2D eigenvalue weighted by Gasteiger charge is 2.14. The maximum Gasteiger partial charge on any atom is 0.307 e. The van der Waals surface area contributed by atoms with E-state index in [1.807, 2.05) is 6.92 Å². The summed E-state index contributed by atoms with van der Waals surface area (Å²) < 4.78 is 5.37. The number of likely N-dealkylation sites (N-methyl/N-ethyl adjacent to an activating group) is 1. The largest absolute Gasteiger partial charge is 0.481 e. The zero-order valence-corrected chi connectivity index (χ0v) is 10.0. The van der Waals surface area contributed by atoms with Gasteiger partial charge in [0.2, 0.25) is 0 Å². The summed E-state index contributed by atoms with van der Waals surface area (Å²) in [5.74, 6) is -1.04. The number of carboxylic acids is 1. The van der Waals surface area contributed by atoms with Crippen molar-refractivity contribution in [3.05, 3.63) is 0 Å². The van der Waals surface area contributed by atoms with E-state index in [0.717, 1.165) is 26.1 Å². The Hall–Kier alpha value is -0.610. The van der Waals surface area contributed by atoms with E-state index in [-0.39, 0.29) is 5.92 Å². The first-order chi connectivity index (χ1) is 7.11. The van der Waals surface area contributed by atoms with E-state index >= 15 is 0 Å². The fourth-order valence-electron chi connectivity index (χ4n) is 1.28. The van der Waals surface area contributed by atoms with Crippen LogP contribution in [0.25, 0.3) is 0 Å². The maximum atomic E-state index is 10.7. The van der Waals surface area contributed by atoms with Crippen molar-refractivity contribution in [2.45, 2.75) is 27.2 Å². The summed E-state index contributed by atoms with van der Waals surface area (Å²) in [6.45, 7) is 9.60. The van der Waals surface area contributed by atoms with Gasteiger partial charge in [0.1, 0.15) is 0 Å². The van der Waals surface area contributed by atoms with Crippen LogP contribution in [0, 0.1) is 5.92 Å². The number of hydrogen-bond acceptors (Lipinski definition) is 3. The highest BCUT2D eigenvalue weighted by molar-refractivity contribution is 5.69. The molecule has 0 fully saturated rings. The van der Waals surface area contributed by atoms with Crippen LogP contribution >= 0.6 is 0 Å². The van der Waals surface area contributed by atoms with Gasteiger partial charge in [-0.25, -0.2) is 0 Å². The summed E-state index contributed by atoms with van der Waals surface area (Å²) in [4.78, 5) is 12.8. The molecule has 1 N–H and O–H groups in total. The van der Waals surface area contributed by atoms with E-state index in [2.05, 4.69) is 11.8 Å². The number of hydrogen-bond donors (Lipinski definition) is 1. The van der Waals surface area contributed by atoms with Gasteiger partial charge in [-0.1, -0.05) is 20.8 Å². The van der Waals surface area contributed by atoms with Crippen LogP contribution in [0.2, 0.25) is 0 Å². The van der Waals surface area contributed by atoms with Crippen LogP contribution in [0.4, 0.5) is 0 Å². The van der Waals surface area contributed by atoms with E-state index in [1.165, 1.54) is 0 Å².